The molecule has 2 rings (SSSR count). The summed E-state index contributed by atoms with van der Waals surface area (Å²) in [6.07, 6.45) is -25.8. The molecule has 0 spiro atoms. The van der Waals surface area contributed by atoms with Gasteiger partial charge in [-0.15, -0.1) is 0 Å². The van der Waals surface area contributed by atoms with E-state index < -0.39 is 106 Å². The van der Waals surface area contributed by atoms with Gasteiger partial charge < -0.3 is 79.9 Å². The predicted molar refractivity (Wildman–Crippen MR) is 102 cm³/mol. The zero-order valence-corrected chi connectivity index (χ0v) is 17.7. The molecule has 2 aliphatic rings. The number of carbonyl (C=O) groups excluding carboxylic acids is 1. The van der Waals surface area contributed by atoms with E-state index in [-0.39, 0.29) is 6.29 Å². The van der Waals surface area contributed by atoms with Gasteiger partial charge in [-0.1, -0.05) is 0 Å². The van der Waals surface area contributed by atoms with E-state index in [1.54, 1.807) is 0 Å². The highest BCUT2D eigenvalue weighted by Crippen LogP contribution is 2.28. The Kier molecular flexibility index (Phi) is 11.1. The lowest BCUT2D eigenvalue weighted by molar-refractivity contribution is -0.344. The fraction of sp³-hybridized carbons (Fsp3) is 0.944. The number of aldehydes is 1. The van der Waals surface area contributed by atoms with Crippen LogP contribution in [0.5, 0.6) is 0 Å². The topological polar surface area (TPSA) is 277 Å². The molecule has 0 aliphatic carbocycles. The van der Waals surface area contributed by atoms with Crippen LogP contribution in [-0.4, -0.2) is 168 Å². The van der Waals surface area contributed by atoms with Crippen molar-refractivity contribution in [3.63, 3.8) is 0 Å². The monoisotopic (exact) mass is 504 g/mol. The quantitative estimate of drug-likeness (QED) is 0.117. The van der Waals surface area contributed by atoms with Gasteiger partial charge in [0, 0.05) is 0 Å². The molecular formula is C18H32O16. The van der Waals surface area contributed by atoms with Crippen LogP contribution < -0.4 is 0 Å². The average molecular weight is 504 g/mol. The second kappa shape index (κ2) is 12.9. The summed E-state index contributed by atoms with van der Waals surface area (Å²) >= 11 is 0. The zero-order valence-electron chi connectivity index (χ0n) is 17.7. The fourth-order valence-electron chi connectivity index (χ4n) is 3.54. The first kappa shape index (κ1) is 29.3. The predicted octanol–water partition coefficient (Wildman–Crippen LogP) is -7.73. The molecule has 11 N–H and O–H groups in total. The largest absolute Gasteiger partial charge is 0.394 e. The molecule has 16 heteroatoms. The zero-order chi connectivity index (χ0) is 25.7. The van der Waals surface area contributed by atoms with E-state index in [1.807, 2.05) is 0 Å². The highest BCUT2D eigenvalue weighted by atomic mass is 16.7. The Balaban J connectivity index is 2.28. The van der Waals surface area contributed by atoms with E-state index in [9.17, 15) is 61.0 Å². The highest BCUT2D eigenvalue weighted by Gasteiger charge is 2.49. The minimum atomic E-state index is -2.11. The SMILES string of the molecule is O=C[C@H](O[C@H]1O[C@H](CO)[C@@H](O)[C@H](O)[C@H]1O)[C@@H](O[C@H]1O[C@H](CO)[C@@H](O)[C@H](O)[C@H]1O)[C@H](O)[C@H](O)CO. The molecule has 200 valence electrons. The van der Waals surface area contributed by atoms with Crippen molar-refractivity contribution in [3.8, 4) is 0 Å². The molecule has 0 aromatic carbocycles. The molecule has 0 radical (unpaired) electrons. The van der Waals surface area contributed by atoms with Gasteiger partial charge in [-0.05, 0) is 0 Å². The molecule has 16 nitrogen and oxygen atoms in total. The molecule has 2 fully saturated rings. The Morgan fingerprint density at radius 2 is 1.15 bits per heavy atom. The molecule has 0 bridgehead atoms. The maximum atomic E-state index is 11.8. The Labute approximate surface area is 192 Å². The fourth-order valence-corrected chi connectivity index (χ4v) is 3.54. The highest BCUT2D eigenvalue weighted by molar-refractivity contribution is 5.57. The molecule has 2 aliphatic heterocycles. The minimum absolute atomic E-state index is 0.0173. The lowest BCUT2D eigenvalue weighted by Crippen LogP contribution is -2.63. The van der Waals surface area contributed by atoms with Crippen LogP contribution in [0.2, 0.25) is 0 Å². The molecule has 2 heterocycles. The number of hydrogen-bond acceptors (Lipinski definition) is 16. The van der Waals surface area contributed by atoms with Gasteiger partial charge in [0.15, 0.2) is 18.9 Å². The Morgan fingerprint density at radius 3 is 1.53 bits per heavy atom. The molecule has 34 heavy (non-hydrogen) atoms. The normalized spacial score (nSPS) is 42.6. The van der Waals surface area contributed by atoms with Crippen molar-refractivity contribution in [2.45, 2.75) is 85.8 Å². The first-order valence-electron chi connectivity index (χ1n) is 10.4. The Morgan fingerprint density at radius 1 is 0.706 bits per heavy atom. The van der Waals surface area contributed by atoms with Gasteiger partial charge in [0.2, 0.25) is 0 Å². The number of aliphatic hydroxyl groups is 11. The van der Waals surface area contributed by atoms with Gasteiger partial charge in [-0.3, -0.25) is 0 Å². The van der Waals surface area contributed by atoms with Crippen LogP contribution in [0.25, 0.3) is 0 Å². The number of aliphatic hydroxyl groups excluding tert-OH is 11. The number of hydrogen-bond donors (Lipinski definition) is 11. The van der Waals surface area contributed by atoms with Crippen molar-refractivity contribution in [1.29, 1.82) is 0 Å². The molecule has 14 atom stereocenters. The minimum Gasteiger partial charge on any atom is -0.394 e. The first-order valence-corrected chi connectivity index (χ1v) is 10.4. The van der Waals surface area contributed by atoms with Gasteiger partial charge in [0.25, 0.3) is 0 Å². The summed E-state index contributed by atoms with van der Waals surface area (Å²) in [5.74, 6) is 0. The summed E-state index contributed by atoms with van der Waals surface area (Å²) in [6, 6.07) is 0. The van der Waals surface area contributed by atoms with Gasteiger partial charge >= 0.3 is 0 Å². The van der Waals surface area contributed by atoms with Crippen LogP contribution in [0.3, 0.4) is 0 Å². The second-order valence-corrected chi connectivity index (χ2v) is 7.97. The maximum Gasteiger partial charge on any atom is 0.187 e. The van der Waals surface area contributed by atoms with Crippen LogP contribution in [0, 0.1) is 0 Å². The van der Waals surface area contributed by atoms with Gasteiger partial charge in [0.1, 0.15) is 73.2 Å². The molecule has 2 saturated heterocycles. The van der Waals surface area contributed by atoms with Crippen molar-refractivity contribution >= 4 is 6.29 Å². The molecule has 0 unspecified atom stereocenters. The van der Waals surface area contributed by atoms with Crippen LogP contribution in [0.15, 0.2) is 0 Å². The van der Waals surface area contributed by atoms with Crippen LogP contribution in [-0.2, 0) is 23.7 Å². The third-order valence-corrected chi connectivity index (χ3v) is 5.66. The molecule has 0 aromatic rings. The van der Waals surface area contributed by atoms with Crippen molar-refractivity contribution in [3.05, 3.63) is 0 Å². The summed E-state index contributed by atoms with van der Waals surface area (Å²) in [4.78, 5) is 11.8. The molecule has 0 saturated carbocycles. The van der Waals surface area contributed by atoms with E-state index in [2.05, 4.69) is 0 Å². The van der Waals surface area contributed by atoms with E-state index in [1.165, 1.54) is 0 Å². The summed E-state index contributed by atoms with van der Waals surface area (Å²) in [6.45, 7) is -2.66. The van der Waals surface area contributed by atoms with Gasteiger partial charge in [-0.25, -0.2) is 0 Å². The van der Waals surface area contributed by atoms with Crippen LogP contribution >= 0.6 is 0 Å². The molecule has 0 amide bonds. The van der Waals surface area contributed by atoms with Gasteiger partial charge in [-0.2, -0.15) is 0 Å². The van der Waals surface area contributed by atoms with E-state index in [4.69, 9.17) is 18.9 Å². The second-order valence-electron chi connectivity index (χ2n) is 7.97. The lowest BCUT2D eigenvalue weighted by Gasteiger charge is -2.44. The number of ether oxygens (including phenoxy) is 4. The third-order valence-electron chi connectivity index (χ3n) is 5.66. The number of carbonyl (C=O) groups is 1. The summed E-state index contributed by atoms with van der Waals surface area (Å²) < 4.78 is 20.9. The van der Waals surface area contributed by atoms with Gasteiger partial charge in [0.05, 0.1) is 19.8 Å². The Bertz CT molecular complexity index is 621. The first-order chi connectivity index (χ1) is 16.0. The smallest absolute Gasteiger partial charge is 0.187 e. The van der Waals surface area contributed by atoms with Crippen molar-refractivity contribution in [2.75, 3.05) is 19.8 Å². The summed E-state index contributed by atoms with van der Waals surface area (Å²) in [5, 5.41) is 108. The Hall–Kier alpha value is -0.930. The van der Waals surface area contributed by atoms with E-state index in [0.29, 0.717) is 0 Å². The lowest BCUT2D eigenvalue weighted by atomic mass is 9.98. The van der Waals surface area contributed by atoms with Crippen LogP contribution in [0.1, 0.15) is 0 Å². The summed E-state index contributed by atoms with van der Waals surface area (Å²) in [7, 11) is 0. The standard InChI is InChI=1S/C18H32O16/c19-1-5(23)9(24)16(34-18-15(30)13(28)11(26)7(3-21)32-18)8(4-22)33-17-14(29)12(27)10(25)6(2-20)31-17/h4-21,23-30H,1-3H2/t5-,6-,7-,8+,9-,10-,11-,12+,13+,14-,15-,16-,17-,18-/m1/s1. The van der Waals surface area contributed by atoms with Crippen molar-refractivity contribution in [1.82, 2.24) is 0 Å². The van der Waals surface area contributed by atoms with Crippen molar-refractivity contribution < 1.29 is 79.9 Å². The number of rotatable bonds is 11. The average Bonchev–Trinajstić information content (AvgIpc) is 2.84. The molecule has 0 aromatic heterocycles. The van der Waals surface area contributed by atoms with Crippen molar-refractivity contribution in [2.24, 2.45) is 0 Å². The summed E-state index contributed by atoms with van der Waals surface area (Å²) in [5.41, 5.74) is 0. The molecular weight excluding hydrogens is 472 g/mol. The maximum absolute atomic E-state index is 11.8. The van der Waals surface area contributed by atoms with E-state index in [0.717, 1.165) is 0 Å². The van der Waals surface area contributed by atoms with Crippen LogP contribution in [0.4, 0.5) is 0 Å². The van der Waals surface area contributed by atoms with E-state index >= 15 is 0 Å². The third kappa shape index (κ3) is 6.25.